The van der Waals surface area contributed by atoms with Gasteiger partial charge in [0.15, 0.2) is 0 Å². The van der Waals surface area contributed by atoms with Gasteiger partial charge in [-0.1, -0.05) is 42.5 Å². The van der Waals surface area contributed by atoms with E-state index in [4.69, 9.17) is 4.98 Å². The maximum atomic E-state index is 13.3. The molecule has 3 aromatic rings. The summed E-state index contributed by atoms with van der Waals surface area (Å²) in [6.45, 7) is 5.58. The minimum Gasteiger partial charge on any atom is -0.351 e. The van der Waals surface area contributed by atoms with Gasteiger partial charge < -0.3 is 10.2 Å². The van der Waals surface area contributed by atoms with Gasteiger partial charge in [0.1, 0.15) is 5.82 Å². The van der Waals surface area contributed by atoms with Gasteiger partial charge in [-0.25, -0.2) is 9.37 Å². The second-order valence-corrected chi connectivity index (χ2v) is 9.53. The van der Waals surface area contributed by atoms with Crippen LogP contribution >= 0.6 is 0 Å². The predicted molar refractivity (Wildman–Crippen MR) is 129 cm³/mol. The Bertz CT molecular complexity index is 1180. The molecule has 3 atom stereocenters. The average molecular weight is 447 g/mol. The highest BCUT2D eigenvalue weighted by molar-refractivity contribution is 5.33. The van der Waals surface area contributed by atoms with E-state index >= 15 is 0 Å². The zero-order chi connectivity index (χ0) is 22.9. The van der Waals surface area contributed by atoms with E-state index in [1.807, 2.05) is 37.3 Å². The summed E-state index contributed by atoms with van der Waals surface area (Å²) in [7, 11) is 1.79. The number of anilines is 1. The zero-order valence-corrected chi connectivity index (χ0v) is 19.3. The van der Waals surface area contributed by atoms with E-state index in [2.05, 4.69) is 22.3 Å². The van der Waals surface area contributed by atoms with Crippen molar-refractivity contribution in [3.8, 4) is 0 Å². The lowest BCUT2D eigenvalue weighted by molar-refractivity contribution is 0.191. The number of hydrogen-bond acceptors (Lipinski definition) is 4. The van der Waals surface area contributed by atoms with Crippen molar-refractivity contribution < 1.29 is 4.39 Å². The molecule has 0 amide bonds. The van der Waals surface area contributed by atoms with Crippen LogP contribution in [0.5, 0.6) is 0 Å². The summed E-state index contributed by atoms with van der Waals surface area (Å²) in [5.74, 6) is 2.32. The second-order valence-electron chi connectivity index (χ2n) is 9.53. The second kappa shape index (κ2) is 9.10. The minimum absolute atomic E-state index is 0.0319. The van der Waals surface area contributed by atoms with Gasteiger partial charge in [0.25, 0.3) is 5.56 Å². The molecule has 0 bridgehead atoms. The van der Waals surface area contributed by atoms with Crippen LogP contribution in [0, 0.1) is 24.6 Å². The van der Waals surface area contributed by atoms with Crippen LogP contribution in [-0.4, -0.2) is 34.1 Å². The molecular formula is C27H31FN4O. The van der Waals surface area contributed by atoms with Crippen molar-refractivity contribution in [1.29, 1.82) is 0 Å². The highest BCUT2D eigenvalue weighted by Gasteiger charge is 2.47. The molecule has 1 aliphatic heterocycles. The Labute approximate surface area is 194 Å². The first-order valence-electron chi connectivity index (χ1n) is 11.8. The number of aryl methyl sites for hydroxylation is 1. The molecule has 1 saturated heterocycles. The largest absolute Gasteiger partial charge is 0.351 e. The molecule has 5 nitrogen and oxygen atoms in total. The maximum Gasteiger partial charge on any atom is 0.258 e. The molecule has 33 heavy (non-hydrogen) atoms. The van der Waals surface area contributed by atoms with Crippen LogP contribution in [-0.2, 0) is 20.0 Å². The normalized spacial score (nSPS) is 22.1. The summed E-state index contributed by atoms with van der Waals surface area (Å²) in [5, 5.41) is 3.30. The Kier molecular flexibility index (Phi) is 6.02. The molecule has 1 aliphatic carbocycles. The average Bonchev–Trinajstić information content (AvgIpc) is 3.13. The van der Waals surface area contributed by atoms with Crippen LogP contribution in [0.15, 0.2) is 59.4 Å². The molecule has 1 aromatic heterocycles. The number of nitrogens with one attached hydrogen (secondary N) is 1. The van der Waals surface area contributed by atoms with E-state index < -0.39 is 0 Å². The molecule has 1 N–H and O–H groups in total. The number of fused-ring (bicyclic) bond motifs is 1. The Morgan fingerprint density at radius 2 is 1.85 bits per heavy atom. The Balaban J connectivity index is 1.20. The van der Waals surface area contributed by atoms with Gasteiger partial charge in [0.2, 0.25) is 5.95 Å². The summed E-state index contributed by atoms with van der Waals surface area (Å²) in [5.41, 5.74) is 4.05. The van der Waals surface area contributed by atoms with Crippen LogP contribution in [0.25, 0.3) is 0 Å². The van der Waals surface area contributed by atoms with Gasteiger partial charge >= 0.3 is 0 Å². The molecule has 3 unspecified atom stereocenters. The fraction of sp³-hybridized carbons (Fsp3) is 0.407. The minimum atomic E-state index is -0.172. The van der Waals surface area contributed by atoms with Gasteiger partial charge in [-0.3, -0.25) is 9.36 Å². The number of hydrogen-bond donors (Lipinski definition) is 1. The number of halogens is 1. The topological polar surface area (TPSA) is 50.2 Å². The van der Waals surface area contributed by atoms with E-state index in [1.54, 1.807) is 23.7 Å². The van der Waals surface area contributed by atoms with Gasteiger partial charge in [0.05, 0.1) is 0 Å². The SMILES string of the molecule is Cc1nc(NCc2ccccc2)n(C)c(=O)c1CCN1CC2CC(c3ccc(F)cc3)C2C1. The lowest BCUT2D eigenvalue weighted by atomic mass is 9.64. The lowest BCUT2D eigenvalue weighted by Crippen LogP contribution is -2.33. The molecule has 1 saturated carbocycles. The number of nitrogens with zero attached hydrogens (tertiary/aromatic N) is 3. The summed E-state index contributed by atoms with van der Waals surface area (Å²) in [4.78, 5) is 20.2. The van der Waals surface area contributed by atoms with Crippen LogP contribution in [0.4, 0.5) is 10.3 Å². The van der Waals surface area contributed by atoms with Crippen molar-refractivity contribution in [3.63, 3.8) is 0 Å². The zero-order valence-electron chi connectivity index (χ0n) is 19.3. The smallest absolute Gasteiger partial charge is 0.258 e. The maximum absolute atomic E-state index is 13.3. The first kappa shape index (κ1) is 21.8. The quantitative estimate of drug-likeness (QED) is 0.593. The van der Waals surface area contributed by atoms with Crippen LogP contribution in [0.3, 0.4) is 0 Å². The molecule has 2 aromatic carbocycles. The van der Waals surface area contributed by atoms with Crippen LogP contribution < -0.4 is 10.9 Å². The first-order valence-corrected chi connectivity index (χ1v) is 11.8. The van der Waals surface area contributed by atoms with Crippen molar-refractivity contribution in [3.05, 3.63) is 93.2 Å². The molecule has 2 heterocycles. The number of aromatic nitrogens is 2. The number of rotatable bonds is 7. The van der Waals surface area contributed by atoms with E-state index in [9.17, 15) is 9.18 Å². The van der Waals surface area contributed by atoms with Gasteiger partial charge in [-0.2, -0.15) is 0 Å². The van der Waals surface area contributed by atoms with Crippen molar-refractivity contribution in [1.82, 2.24) is 14.5 Å². The Morgan fingerprint density at radius 1 is 1.09 bits per heavy atom. The van der Waals surface area contributed by atoms with Crippen LogP contribution in [0.1, 0.15) is 34.7 Å². The molecule has 6 heteroatoms. The molecule has 0 spiro atoms. The summed E-state index contributed by atoms with van der Waals surface area (Å²) >= 11 is 0. The van der Waals surface area contributed by atoms with Gasteiger partial charge in [-0.05, 0) is 60.8 Å². The molecule has 0 radical (unpaired) electrons. The van der Waals surface area contributed by atoms with E-state index in [0.29, 0.717) is 36.7 Å². The van der Waals surface area contributed by atoms with E-state index in [0.717, 1.165) is 36.5 Å². The molecule has 5 rings (SSSR count). The Hall–Kier alpha value is -2.99. The summed E-state index contributed by atoms with van der Waals surface area (Å²) in [6.07, 6.45) is 1.89. The van der Waals surface area contributed by atoms with Crippen molar-refractivity contribution >= 4 is 5.95 Å². The first-order chi connectivity index (χ1) is 16.0. The monoisotopic (exact) mass is 446 g/mol. The molecule has 2 aliphatic rings. The lowest BCUT2D eigenvalue weighted by Gasteiger charge is -2.40. The van der Waals surface area contributed by atoms with Crippen LogP contribution in [0.2, 0.25) is 0 Å². The summed E-state index contributed by atoms with van der Waals surface area (Å²) < 4.78 is 14.9. The predicted octanol–water partition coefficient (Wildman–Crippen LogP) is 4.12. The highest BCUT2D eigenvalue weighted by Crippen LogP contribution is 2.51. The third-order valence-corrected chi connectivity index (χ3v) is 7.50. The highest BCUT2D eigenvalue weighted by atomic mass is 19.1. The third-order valence-electron chi connectivity index (χ3n) is 7.50. The van der Waals surface area contributed by atoms with Gasteiger partial charge in [-0.15, -0.1) is 0 Å². The van der Waals surface area contributed by atoms with E-state index in [-0.39, 0.29) is 11.4 Å². The molecular weight excluding hydrogens is 415 g/mol. The standard InChI is InChI=1S/C27H31FN4O/c1-18-23(26(33)31(2)27(30-18)29-15-19-6-4-3-5-7-19)12-13-32-16-21-14-24(25(21)17-32)20-8-10-22(28)11-9-20/h3-11,21,24-25H,12-17H2,1-2H3,(H,29,30). The fourth-order valence-electron chi connectivity index (χ4n) is 5.52. The number of benzene rings is 2. The Morgan fingerprint density at radius 3 is 2.61 bits per heavy atom. The van der Waals surface area contributed by atoms with Crippen molar-refractivity contribution in [2.75, 3.05) is 25.0 Å². The van der Waals surface area contributed by atoms with E-state index in [1.165, 1.54) is 12.0 Å². The molecule has 172 valence electrons. The van der Waals surface area contributed by atoms with Crippen molar-refractivity contribution in [2.45, 2.75) is 32.2 Å². The fourth-order valence-corrected chi connectivity index (χ4v) is 5.52. The third kappa shape index (κ3) is 4.44. The van der Waals surface area contributed by atoms with Crippen molar-refractivity contribution in [2.24, 2.45) is 18.9 Å². The molecule has 2 fully saturated rings. The van der Waals surface area contributed by atoms with Gasteiger partial charge in [0, 0.05) is 44.5 Å². The number of likely N-dealkylation sites (tertiary alicyclic amines) is 1. The summed E-state index contributed by atoms with van der Waals surface area (Å²) in [6, 6.07) is 17.1.